The molecule has 0 bridgehead atoms. The second kappa shape index (κ2) is 6.80. The predicted octanol–water partition coefficient (Wildman–Crippen LogP) is 3.36. The van der Waals surface area contributed by atoms with Crippen LogP contribution in [-0.2, 0) is 0 Å². The van der Waals surface area contributed by atoms with Gasteiger partial charge in [-0.15, -0.1) is 0 Å². The second-order valence-corrected chi connectivity index (χ2v) is 5.07. The van der Waals surface area contributed by atoms with Crippen LogP contribution in [0.15, 0.2) is 48.5 Å². The third kappa shape index (κ3) is 3.67. The quantitative estimate of drug-likeness (QED) is 0.679. The molecule has 0 fully saturated rings. The van der Waals surface area contributed by atoms with E-state index in [1.807, 2.05) is 37.2 Å². The number of carbonyl (C=O) groups excluding carboxylic acids is 1. The lowest BCUT2D eigenvalue weighted by atomic mass is 10.1. The van der Waals surface area contributed by atoms with Gasteiger partial charge in [0.05, 0.1) is 12.8 Å². The standard InChI is InChI=1S/C18H19NO3/c1-19(2)16-10-4-13(12-18(16)22-3)5-11-17(21)14-6-8-15(20)9-7-14/h4-12,20H,1-3H3/b11-5+. The first-order chi connectivity index (χ1) is 10.5. The molecule has 2 aromatic carbocycles. The van der Waals surface area contributed by atoms with Crippen molar-refractivity contribution in [3.8, 4) is 11.5 Å². The summed E-state index contributed by atoms with van der Waals surface area (Å²) in [5.74, 6) is 0.782. The topological polar surface area (TPSA) is 49.8 Å². The predicted molar refractivity (Wildman–Crippen MR) is 88.8 cm³/mol. The van der Waals surface area contributed by atoms with Gasteiger partial charge >= 0.3 is 0 Å². The van der Waals surface area contributed by atoms with E-state index >= 15 is 0 Å². The lowest BCUT2D eigenvalue weighted by molar-refractivity contribution is 0.104. The maximum absolute atomic E-state index is 12.1. The van der Waals surface area contributed by atoms with E-state index in [4.69, 9.17) is 4.74 Å². The Morgan fingerprint density at radius 1 is 1.14 bits per heavy atom. The lowest BCUT2D eigenvalue weighted by Gasteiger charge is -2.16. The molecule has 0 saturated heterocycles. The molecule has 4 heteroatoms. The first-order valence-electron chi connectivity index (χ1n) is 6.88. The fraction of sp³-hybridized carbons (Fsp3) is 0.167. The molecule has 0 saturated carbocycles. The number of phenols is 1. The van der Waals surface area contributed by atoms with E-state index < -0.39 is 0 Å². The number of anilines is 1. The van der Waals surface area contributed by atoms with Gasteiger partial charge in [-0.25, -0.2) is 0 Å². The van der Waals surface area contributed by atoms with Gasteiger partial charge in [0.25, 0.3) is 0 Å². The van der Waals surface area contributed by atoms with Crippen LogP contribution in [0.1, 0.15) is 15.9 Å². The average molecular weight is 297 g/mol. The van der Waals surface area contributed by atoms with E-state index in [2.05, 4.69) is 0 Å². The van der Waals surface area contributed by atoms with Crippen LogP contribution >= 0.6 is 0 Å². The highest BCUT2D eigenvalue weighted by Crippen LogP contribution is 2.28. The van der Waals surface area contributed by atoms with Crippen molar-refractivity contribution in [1.29, 1.82) is 0 Å². The van der Waals surface area contributed by atoms with Crippen molar-refractivity contribution in [3.05, 3.63) is 59.7 Å². The van der Waals surface area contributed by atoms with Crippen LogP contribution in [0.3, 0.4) is 0 Å². The number of methoxy groups -OCH3 is 1. The summed E-state index contributed by atoms with van der Waals surface area (Å²) in [6.07, 6.45) is 3.26. The molecule has 0 radical (unpaired) electrons. The van der Waals surface area contributed by atoms with Gasteiger partial charge in [0.1, 0.15) is 11.5 Å². The smallest absolute Gasteiger partial charge is 0.185 e. The highest BCUT2D eigenvalue weighted by Gasteiger charge is 2.06. The minimum absolute atomic E-state index is 0.115. The maximum Gasteiger partial charge on any atom is 0.185 e. The van der Waals surface area contributed by atoms with E-state index in [9.17, 15) is 9.90 Å². The van der Waals surface area contributed by atoms with Crippen molar-refractivity contribution in [1.82, 2.24) is 0 Å². The highest BCUT2D eigenvalue weighted by molar-refractivity contribution is 6.06. The number of rotatable bonds is 5. The number of hydrogen-bond acceptors (Lipinski definition) is 4. The van der Waals surface area contributed by atoms with Crippen molar-refractivity contribution in [2.24, 2.45) is 0 Å². The molecule has 0 unspecified atom stereocenters. The minimum Gasteiger partial charge on any atom is -0.508 e. The molecule has 2 rings (SSSR count). The van der Waals surface area contributed by atoms with E-state index in [1.165, 1.54) is 18.2 Å². The molecule has 114 valence electrons. The highest BCUT2D eigenvalue weighted by atomic mass is 16.5. The summed E-state index contributed by atoms with van der Waals surface area (Å²) < 4.78 is 5.36. The summed E-state index contributed by atoms with van der Waals surface area (Å²) in [6, 6.07) is 11.9. The van der Waals surface area contributed by atoms with E-state index in [1.54, 1.807) is 25.3 Å². The molecule has 0 aromatic heterocycles. The van der Waals surface area contributed by atoms with Crippen LogP contribution < -0.4 is 9.64 Å². The Kier molecular flexibility index (Phi) is 4.84. The molecule has 4 nitrogen and oxygen atoms in total. The normalized spacial score (nSPS) is 10.7. The number of nitrogens with zero attached hydrogens (tertiary/aromatic N) is 1. The molecular weight excluding hydrogens is 278 g/mol. The molecule has 0 aliphatic rings. The maximum atomic E-state index is 12.1. The molecule has 2 aromatic rings. The number of hydrogen-bond donors (Lipinski definition) is 1. The minimum atomic E-state index is -0.115. The third-order valence-electron chi connectivity index (χ3n) is 3.26. The van der Waals surface area contributed by atoms with Gasteiger partial charge in [-0.3, -0.25) is 4.79 Å². The first-order valence-corrected chi connectivity index (χ1v) is 6.88. The van der Waals surface area contributed by atoms with Gasteiger partial charge in [0, 0.05) is 19.7 Å². The van der Waals surface area contributed by atoms with E-state index in [0.717, 1.165) is 17.0 Å². The summed E-state index contributed by atoms with van der Waals surface area (Å²) in [7, 11) is 5.51. The number of phenolic OH excluding ortho intramolecular Hbond substituents is 1. The summed E-state index contributed by atoms with van der Waals surface area (Å²) in [6.45, 7) is 0. The Morgan fingerprint density at radius 2 is 1.82 bits per heavy atom. The van der Waals surface area contributed by atoms with Gasteiger partial charge in [0.15, 0.2) is 5.78 Å². The summed E-state index contributed by atoms with van der Waals surface area (Å²) >= 11 is 0. The second-order valence-electron chi connectivity index (χ2n) is 5.07. The zero-order chi connectivity index (χ0) is 16.1. The summed E-state index contributed by atoms with van der Waals surface area (Å²) in [5, 5.41) is 9.23. The van der Waals surface area contributed by atoms with Crippen LogP contribution in [0.25, 0.3) is 6.08 Å². The molecule has 0 spiro atoms. The Hall–Kier alpha value is -2.75. The fourth-order valence-corrected chi connectivity index (χ4v) is 2.06. The van der Waals surface area contributed by atoms with Crippen LogP contribution in [0, 0.1) is 0 Å². The fourth-order valence-electron chi connectivity index (χ4n) is 2.06. The number of ketones is 1. The molecule has 0 aliphatic carbocycles. The van der Waals surface area contributed by atoms with Crippen molar-refractivity contribution in [2.75, 3.05) is 26.1 Å². The molecular formula is C18H19NO3. The third-order valence-corrected chi connectivity index (χ3v) is 3.26. The molecule has 0 heterocycles. The Bertz CT molecular complexity index is 688. The molecule has 1 N–H and O–H groups in total. The average Bonchev–Trinajstić information content (AvgIpc) is 2.52. The Morgan fingerprint density at radius 3 is 2.41 bits per heavy atom. The number of allylic oxidation sites excluding steroid dienone is 1. The van der Waals surface area contributed by atoms with Gasteiger partial charge in [0.2, 0.25) is 0 Å². The zero-order valence-electron chi connectivity index (χ0n) is 12.9. The molecule has 22 heavy (non-hydrogen) atoms. The van der Waals surface area contributed by atoms with Crippen LogP contribution in [-0.4, -0.2) is 32.1 Å². The number of carbonyl (C=O) groups is 1. The largest absolute Gasteiger partial charge is 0.508 e. The van der Waals surface area contributed by atoms with Crippen LogP contribution in [0.4, 0.5) is 5.69 Å². The van der Waals surface area contributed by atoms with Gasteiger partial charge in [-0.1, -0.05) is 12.1 Å². The Balaban J connectivity index is 2.19. The van der Waals surface area contributed by atoms with Crippen molar-refractivity contribution >= 4 is 17.5 Å². The van der Waals surface area contributed by atoms with E-state index in [-0.39, 0.29) is 11.5 Å². The molecule has 0 aliphatic heterocycles. The van der Waals surface area contributed by atoms with Crippen molar-refractivity contribution < 1.29 is 14.6 Å². The lowest BCUT2D eigenvalue weighted by Crippen LogP contribution is -2.10. The van der Waals surface area contributed by atoms with Gasteiger partial charge in [-0.2, -0.15) is 0 Å². The first kappa shape index (κ1) is 15.6. The number of ether oxygens (including phenoxy) is 1. The summed E-state index contributed by atoms with van der Waals surface area (Å²) in [4.78, 5) is 14.0. The van der Waals surface area contributed by atoms with Crippen LogP contribution in [0.2, 0.25) is 0 Å². The zero-order valence-corrected chi connectivity index (χ0v) is 12.9. The molecule has 0 amide bonds. The van der Waals surface area contributed by atoms with Gasteiger partial charge in [-0.05, 0) is 48.0 Å². The SMILES string of the molecule is COc1cc(/C=C/C(=O)c2ccc(O)cc2)ccc1N(C)C. The Labute approximate surface area is 130 Å². The van der Waals surface area contributed by atoms with E-state index in [0.29, 0.717) is 5.56 Å². The van der Waals surface area contributed by atoms with Crippen LogP contribution in [0.5, 0.6) is 11.5 Å². The molecule has 0 atom stereocenters. The number of aromatic hydroxyl groups is 1. The van der Waals surface area contributed by atoms with Gasteiger partial charge < -0.3 is 14.7 Å². The van der Waals surface area contributed by atoms with Crippen molar-refractivity contribution in [2.45, 2.75) is 0 Å². The number of benzene rings is 2. The summed E-state index contributed by atoms with van der Waals surface area (Å²) in [5.41, 5.74) is 2.39. The monoisotopic (exact) mass is 297 g/mol. The van der Waals surface area contributed by atoms with Crippen molar-refractivity contribution in [3.63, 3.8) is 0 Å².